The maximum Gasteiger partial charge on any atom is 0.267 e. The lowest BCUT2D eigenvalue weighted by atomic mass is 10.1. The van der Waals surface area contributed by atoms with E-state index in [0.29, 0.717) is 19.7 Å². The van der Waals surface area contributed by atoms with Crippen LogP contribution in [-0.2, 0) is 11.3 Å². The summed E-state index contributed by atoms with van der Waals surface area (Å²) >= 11 is 1.56. The van der Waals surface area contributed by atoms with Gasteiger partial charge in [0.05, 0.1) is 18.8 Å². The highest BCUT2D eigenvalue weighted by atomic mass is 32.2. The first kappa shape index (κ1) is 13.3. The molecule has 2 fully saturated rings. The van der Waals surface area contributed by atoms with Crippen LogP contribution in [-0.4, -0.2) is 51.4 Å². The Bertz CT molecular complexity index is 645. The Labute approximate surface area is 126 Å². The minimum absolute atomic E-state index is 0.123. The minimum atomic E-state index is -0.198. The molecule has 0 spiro atoms. The van der Waals surface area contributed by atoms with Gasteiger partial charge in [0.1, 0.15) is 5.56 Å². The topological polar surface area (TPSA) is 64.4 Å². The van der Waals surface area contributed by atoms with Gasteiger partial charge in [0.15, 0.2) is 5.16 Å². The number of hydrogen-bond acceptors (Lipinski definition) is 5. The fourth-order valence-electron chi connectivity index (χ4n) is 3.50. The molecule has 6 nitrogen and oxygen atoms in total. The molecule has 1 saturated heterocycles. The Morgan fingerprint density at radius 3 is 3.19 bits per heavy atom. The number of fused-ring (bicyclic) bond motifs is 2. The van der Waals surface area contributed by atoms with Crippen LogP contribution in [0.2, 0.25) is 0 Å². The molecule has 0 radical (unpaired) electrons. The summed E-state index contributed by atoms with van der Waals surface area (Å²) in [6, 6.07) is 0.123. The quantitative estimate of drug-likeness (QED) is 0.716. The SMILES string of the molecule is O=C(c1cnc2n(c1=O)CCS2)N1CCO[C@@H]2CCC[C@@H]21. The van der Waals surface area contributed by atoms with Crippen molar-refractivity contribution < 1.29 is 9.53 Å². The molecule has 3 heterocycles. The van der Waals surface area contributed by atoms with Crippen LogP contribution >= 0.6 is 11.8 Å². The third-order valence-corrected chi connectivity index (χ3v) is 5.50. The summed E-state index contributed by atoms with van der Waals surface area (Å²) in [5.41, 5.74) is 0.00448. The number of amides is 1. The largest absolute Gasteiger partial charge is 0.374 e. The number of morpholine rings is 1. The van der Waals surface area contributed by atoms with Gasteiger partial charge in [0.25, 0.3) is 11.5 Å². The second-order valence-corrected chi connectivity index (χ2v) is 6.73. The predicted octanol–water partition coefficient (Wildman–Crippen LogP) is 0.742. The molecule has 2 aliphatic heterocycles. The first-order valence-corrected chi connectivity index (χ1v) is 8.39. The second-order valence-electron chi connectivity index (χ2n) is 5.67. The van der Waals surface area contributed by atoms with E-state index < -0.39 is 0 Å². The average Bonchev–Trinajstić information content (AvgIpc) is 3.15. The Kier molecular flexibility index (Phi) is 3.26. The van der Waals surface area contributed by atoms with E-state index in [9.17, 15) is 9.59 Å². The van der Waals surface area contributed by atoms with Gasteiger partial charge in [0.2, 0.25) is 0 Å². The fraction of sp³-hybridized carbons (Fsp3) is 0.643. The molecule has 0 bridgehead atoms. The number of carbonyl (C=O) groups is 1. The zero-order valence-electron chi connectivity index (χ0n) is 11.7. The van der Waals surface area contributed by atoms with Gasteiger partial charge in [-0.05, 0) is 19.3 Å². The molecule has 1 amide bonds. The van der Waals surface area contributed by atoms with Gasteiger partial charge in [-0.15, -0.1) is 0 Å². The standard InChI is InChI=1S/C14H17N3O3S/c18-12(16-4-6-20-11-3-1-2-10(11)16)9-8-15-14-17(13(9)19)5-7-21-14/h8,10-11H,1-7H2/t10-,11+/m0/s1. The Morgan fingerprint density at radius 2 is 2.29 bits per heavy atom. The molecule has 1 saturated carbocycles. The Morgan fingerprint density at radius 1 is 1.38 bits per heavy atom. The summed E-state index contributed by atoms with van der Waals surface area (Å²) < 4.78 is 7.34. The lowest BCUT2D eigenvalue weighted by Crippen LogP contribution is -2.52. The van der Waals surface area contributed by atoms with Crippen LogP contribution in [0, 0.1) is 0 Å². The van der Waals surface area contributed by atoms with Crippen molar-refractivity contribution >= 4 is 17.7 Å². The molecule has 0 N–H and O–H groups in total. The second kappa shape index (κ2) is 5.14. The van der Waals surface area contributed by atoms with Crippen molar-refractivity contribution in [2.24, 2.45) is 0 Å². The number of carbonyl (C=O) groups excluding carboxylic acids is 1. The van der Waals surface area contributed by atoms with Crippen LogP contribution in [0.15, 0.2) is 16.1 Å². The van der Waals surface area contributed by atoms with E-state index in [1.54, 1.807) is 16.3 Å². The molecule has 3 aliphatic rings. The molecule has 21 heavy (non-hydrogen) atoms. The Hall–Kier alpha value is -1.34. The number of ether oxygens (including phenoxy) is 1. The van der Waals surface area contributed by atoms with Crippen molar-refractivity contribution in [3.8, 4) is 0 Å². The molecular formula is C14H17N3O3S. The smallest absolute Gasteiger partial charge is 0.267 e. The summed E-state index contributed by atoms with van der Waals surface area (Å²) in [5, 5.41) is 0.720. The van der Waals surface area contributed by atoms with Gasteiger partial charge in [-0.1, -0.05) is 11.8 Å². The summed E-state index contributed by atoms with van der Waals surface area (Å²) in [6.45, 7) is 1.76. The first-order valence-electron chi connectivity index (χ1n) is 7.41. The van der Waals surface area contributed by atoms with Crippen LogP contribution in [0.3, 0.4) is 0 Å². The summed E-state index contributed by atoms with van der Waals surface area (Å²) in [7, 11) is 0. The highest BCUT2D eigenvalue weighted by Crippen LogP contribution is 2.30. The summed E-state index contributed by atoms with van der Waals surface area (Å²) in [5.74, 6) is 0.669. The van der Waals surface area contributed by atoms with Gasteiger partial charge in [0, 0.05) is 25.0 Å². The van der Waals surface area contributed by atoms with Gasteiger partial charge < -0.3 is 9.64 Å². The van der Waals surface area contributed by atoms with Crippen molar-refractivity contribution in [2.45, 2.75) is 43.1 Å². The maximum atomic E-state index is 12.8. The fourth-order valence-corrected chi connectivity index (χ4v) is 4.41. The van der Waals surface area contributed by atoms with E-state index in [-0.39, 0.29) is 29.2 Å². The zero-order valence-corrected chi connectivity index (χ0v) is 12.5. The minimum Gasteiger partial charge on any atom is -0.374 e. The average molecular weight is 307 g/mol. The molecule has 7 heteroatoms. The van der Waals surface area contributed by atoms with Gasteiger partial charge in [-0.3, -0.25) is 14.2 Å². The number of nitrogens with zero attached hydrogens (tertiary/aromatic N) is 3. The highest BCUT2D eigenvalue weighted by molar-refractivity contribution is 7.99. The first-order chi connectivity index (χ1) is 10.3. The van der Waals surface area contributed by atoms with E-state index in [4.69, 9.17) is 4.74 Å². The molecule has 1 aromatic heterocycles. The van der Waals surface area contributed by atoms with Crippen molar-refractivity contribution in [3.63, 3.8) is 0 Å². The van der Waals surface area contributed by atoms with Crippen molar-refractivity contribution in [1.29, 1.82) is 0 Å². The van der Waals surface area contributed by atoms with Crippen LogP contribution in [0.4, 0.5) is 0 Å². The Balaban J connectivity index is 1.67. The maximum absolute atomic E-state index is 12.8. The van der Waals surface area contributed by atoms with Crippen LogP contribution in [0.1, 0.15) is 29.6 Å². The van der Waals surface area contributed by atoms with E-state index in [2.05, 4.69) is 4.98 Å². The highest BCUT2D eigenvalue weighted by Gasteiger charge is 2.39. The van der Waals surface area contributed by atoms with Crippen LogP contribution in [0.25, 0.3) is 0 Å². The molecular weight excluding hydrogens is 290 g/mol. The van der Waals surface area contributed by atoms with E-state index in [0.717, 1.165) is 30.2 Å². The van der Waals surface area contributed by atoms with Crippen molar-refractivity contribution in [3.05, 3.63) is 22.1 Å². The number of rotatable bonds is 1. The van der Waals surface area contributed by atoms with Gasteiger partial charge in [-0.2, -0.15) is 0 Å². The third kappa shape index (κ3) is 2.10. The van der Waals surface area contributed by atoms with Crippen LogP contribution < -0.4 is 5.56 Å². The summed E-state index contributed by atoms with van der Waals surface area (Å²) in [6.07, 6.45) is 4.65. The lowest BCUT2D eigenvalue weighted by molar-refractivity contribution is -0.0446. The number of hydrogen-bond donors (Lipinski definition) is 0. The molecule has 4 rings (SSSR count). The van der Waals surface area contributed by atoms with Crippen LogP contribution in [0.5, 0.6) is 0 Å². The van der Waals surface area contributed by atoms with Gasteiger partial charge in [-0.25, -0.2) is 4.98 Å². The monoisotopic (exact) mass is 307 g/mol. The molecule has 1 aliphatic carbocycles. The van der Waals surface area contributed by atoms with E-state index in [1.807, 2.05) is 4.90 Å². The molecule has 0 unspecified atom stereocenters. The van der Waals surface area contributed by atoms with E-state index >= 15 is 0 Å². The third-order valence-electron chi connectivity index (χ3n) is 4.53. The van der Waals surface area contributed by atoms with Crippen molar-refractivity contribution in [2.75, 3.05) is 18.9 Å². The number of aromatic nitrogens is 2. The normalized spacial score (nSPS) is 27.5. The predicted molar refractivity (Wildman–Crippen MR) is 77.6 cm³/mol. The molecule has 112 valence electrons. The summed E-state index contributed by atoms with van der Waals surface area (Å²) in [4.78, 5) is 31.3. The zero-order chi connectivity index (χ0) is 14.4. The molecule has 2 atom stereocenters. The lowest BCUT2D eigenvalue weighted by Gasteiger charge is -2.37. The van der Waals surface area contributed by atoms with E-state index in [1.165, 1.54) is 6.20 Å². The number of thioether (sulfide) groups is 1. The van der Waals surface area contributed by atoms with Crippen molar-refractivity contribution in [1.82, 2.24) is 14.5 Å². The van der Waals surface area contributed by atoms with Gasteiger partial charge >= 0.3 is 0 Å². The molecule has 0 aromatic carbocycles. The molecule has 1 aromatic rings.